The smallest absolute Gasteiger partial charge is 0.255 e. The van der Waals surface area contributed by atoms with Crippen molar-refractivity contribution >= 4 is 23.2 Å². The van der Waals surface area contributed by atoms with Crippen LogP contribution in [0.1, 0.15) is 33.2 Å². The SMILES string of the molecule is CCc1ccc(NC(=O)c2ccc(C(=O)Nc3ccccc3F)cc2)cc1. The molecule has 4 nitrogen and oxygen atoms in total. The molecule has 3 aromatic carbocycles. The lowest BCUT2D eigenvalue weighted by molar-refractivity contribution is 0.101. The first-order valence-corrected chi connectivity index (χ1v) is 8.63. The van der Waals surface area contributed by atoms with Gasteiger partial charge in [0.2, 0.25) is 0 Å². The van der Waals surface area contributed by atoms with Crippen LogP contribution in [-0.4, -0.2) is 11.8 Å². The van der Waals surface area contributed by atoms with E-state index in [1.54, 1.807) is 24.3 Å². The monoisotopic (exact) mass is 362 g/mol. The predicted molar refractivity (Wildman–Crippen MR) is 105 cm³/mol. The number of aryl methyl sites for hydroxylation is 1. The lowest BCUT2D eigenvalue weighted by Crippen LogP contribution is -2.15. The number of carbonyl (C=O) groups is 2. The molecule has 0 aromatic heterocycles. The molecular formula is C22H19FN2O2. The molecule has 3 rings (SSSR count). The number of para-hydroxylation sites is 1. The maximum absolute atomic E-state index is 13.6. The Balaban J connectivity index is 1.66. The van der Waals surface area contributed by atoms with Crippen LogP contribution in [0.5, 0.6) is 0 Å². The van der Waals surface area contributed by atoms with Gasteiger partial charge in [0.1, 0.15) is 5.82 Å². The molecule has 0 saturated heterocycles. The van der Waals surface area contributed by atoms with E-state index in [0.717, 1.165) is 6.42 Å². The number of carbonyl (C=O) groups excluding carboxylic acids is 2. The Bertz CT molecular complexity index is 951. The summed E-state index contributed by atoms with van der Waals surface area (Å²) in [6.45, 7) is 2.07. The zero-order valence-corrected chi connectivity index (χ0v) is 14.8. The second kappa shape index (κ2) is 8.27. The molecule has 0 saturated carbocycles. The molecule has 0 bridgehead atoms. The molecule has 0 aliphatic carbocycles. The van der Waals surface area contributed by atoms with Gasteiger partial charge in [-0.3, -0.25) is 9.59 Å². The summed E-state index contributed by atoms with van der Waals surface area (Å²) in [4.78, 5) is 24.5. The second-order valence-corrected chi connectivity index (χ2v) is 6.02. The number of benzene rings is 3. The van der Waals surface area contributed by atoms with E-state index in [9.17, 15) is 14.0 Å². The summed E-state index contributed by atoms with van der Waals surface area (Å²) in [5.41, 5.74) is 2.77. The van der Waals surface area contributed by atoms with Crippen molar-refractivity contribution in [3.8, 4) is 0 Å². The number of nitrogens with one attached hydrogen (secondary N) is 2. The molecule has 2 N–H and O–H groups in total. The quantitative estimate of drug-likeness (QED) is 0.679. The third kappa shape index (κ3) is 4.58. The summed E-state index contributed by atoms with van der Waals surface area (Å²) in [7, 11) is 0. The van der Waals surface area contributed by atoms with Crippen LogP contribution in [0.15, 0.2) is 72.8 Å². The number of amides is 2. The molecule has 2 amide bonds. The van der Waals surface area contributed by atoms with E-state index in [2.05, 4.69) is 17.6 Å². The minimum absolute atomic E-state index is 0.111. The lowest BCUT2D eigenvalue weighted by atomic mass is 10.1. The van der Waals surface area contributed by atoms with Crippen molar-refractivity contribution in [2.45, 2.75) is 13.3 Å². The number of hydrogen-bond acceptors (Lipinski definition) is 2. The van der Waals surface area contributed by atoms with Crippen molar-refractivity contribution in [3.05, 3.63) is 95.3 Å². The van der Waals surface area contributed by atoms with Crippen LogP contribution < -0.4 is 10.6 Å². The van der Waals surface area contributed by atoms with Crippen LogP contribution in [-0.2, 0) is 6.42 Å². The molecule has 5 heteroatoms. The Morgan fingerprint density at radius 3 is 1.89 bits per heavy atom. The van der Waals surface area contributed by atoms with Crippen LogP contribution in [0.3, 0.4) is 0 Å². The summed E-state index contributed by atoms with van der Waals surface area (Å²) in [5, 5.41) is 5.33. The molecular weight excluding hydrogens is 343 g/mol. The van der Waals surface area contributed by atoms with Gasteiger partial charge in [0.25, 0.3) is 11.8 Å². The van der Waals surface area contributed by atoms with Gasteiger partial charge in [-0.05, 0) is 60.5 Å². The summed E-state index contributed by atoms with van der Waals surface area (Å²) in [6.07, 6.45) is 0.935. The average molecular weight is 362 g/mol. The molecule has 0 aliphatic rings. The molecule has 0 aliphatic heterocycles. The summed E-state index contributed by atoms with van der Waals surface area (Å²) in [5.74, 6) is -1.21. The zero-order valence-electron chi connectivity index (χ0n) is 14.8. The predicted octanol–water partition coefficient (Wildman–Crippen LogP) is 4.89. The first kappa shape index (κ1) is 18.3. The number of halogens is 1. The van der Waals surface area contributed by atoms with Crippen LogP contribution in [0.4, 0.5) is 15.8 Å². The van der Waals surface area contributed by atoms with Gasteiger partial charge in [-0.25, -0.2) is 4.39 Å². The Hall–Kier alpha value is -3.47. The zero-order chi connectivity index (χ0) is 19.2. The van der Waals surface area contributed by atoms with E-state index in [0.29, 0.717) is 16.8 Å². The normalized spacial score (nSPS) is 10.3. The van der Waals surface area contributed by atoms with Gasteiger partial charge in [0.15, 0.2) is 0 Å². The maximum Gasteiger partial charge on any atom is 0.255 e. The Labute approximate surface area is 157 Å². The summed E-state index contributed by atoms with van der Waals surface area (Å²) < 4.78 is 13.6. The Morgan fingerprint density at radius 2 is 1.33 bits per heavy atom. The molecule has 3 aromatic rings. The van der Waals surface area contributed by atoms with Crippen LogP contribution in [0.25, 0.3) is 0 Å². The average Bonchev–Trinajstić information content (AvgIpc) is 2.70. The molecule has 0 radical (unpaired) electrons. The molecule has 0 unspecified atom stereocenters. The summed E-state index contributed by atoms with van der Waals surface area (Å²) in [6, 6.07) is 19.8. The number of rotatable bonds is 5. The van der Waals surface area contributed by atoms with Gasteiger partial charge in [-0.2, -0.15) is 0 Å². The molecule has 0 heterocycles. The van der Waals surface area contributed by atoms with Gasteiger partial charge in [0.05, 0.1) is 5.69 Å². The van der Waals surface area contributed by atoms with E-state index in [1.807, 2.05) is 24.3 Å². The van der Waals surface area contributed by atoms with E-state index in [4.69, 9.17) is 0 Å². The van der Waals surface area contributed by atoms with Crippen LogP contribution >= 0.6 is 0 Å². The van der Waals surface area contributed by atoms with Crippen molar-refractivity contribution in [2.24, 2.45) is 0 Å². The van der Waals surface area contributed by atoms with Crippen LogP contribution in [0.2, 0.25) is 0 Å². The highest BCUT2D eigenvalue weighted by molar-refractivity contribution is 6.07. The lowest BCUT2D eigenvalue weighted by Gasteiger charge is -2.08. The minimum atomic E-state index is -0.504. The maximum atomic E-state index is 13.6. The Morgan fingerprint density at radius 1 is 0.778 bits per heavy atom. The van der Waals surface area contributed by atoms with Crippen molar-refractivity contribution in [2.75, 3.05) is 10.6 Å². The highest BCUT2D eigenvalue weighted by Crippen LogP contribution is 2.15. The highest BCUT2D eigenvalue weighted by atomic mass is 19.1. The molecule has 0 fully saturated rings. The molecule has 27 heavy (non-hydrogen) atoms. The van der Waals surface area contributed by atoms with Crippen molar-refractivity contribution in [1.82, 2.24) is 0 Å². The minimum Gasteiger partial charge on any atom is -0.322 e. The standard InChI is InChI=1S/C22H19FN2O2/c1-2-15-7-13-18(14-8-15)24-21(26)16-9-11-17(12-10-16)22(27)25-20-6-4-3-5-19(20)23/h3-14H,2H2,1H3,(H,24,26)(H,25,27). The molecule has 0 spiro atoms. The van der Waals surface area contributed by atoms with Crippen molar-refractivity contribution in [1.29, 1.82) is 0 Å². The van der Waals surface area contributed by atoms with Gasteiger partial charge in [0, 0.05) is 16.8 Å². The second-order valence-electron chi connectivity index (χ2n) is 6.02. The van der Waals surface area contributed by atoms with Gasteiger partial charge in [-0.15, -0.1) is 0 Å². The van der Waals surface area contributed by atoms with E-state index >= 15 is 0 Å². The molecule has 0 atom stereocenters. The van der Waals surface area contributed by atoms with E-state index in [-0.39, 0.29) is 11.6 Å². The van der Waals surface area contributed by atoms with Gasteiger partial charge < -0.3 is 10.6 Å². The van der Waals surface area contributed by atoms with E-state index < -0.39 is 11.7 Å². The Kier molecular flexibility index (Phi) is 5.61. The topological polar surface area (TPSA) is 58.2 Å². The number of anilines is 2. The van der Waals surface area contributed by atoms with E-state index in [1.165, 1.54) is 29.8 Å². The molecule has 136 valence electrons. The van der Waals surface area contributed by atoms with Crippen molar-refractivity contribution < 1.29 is 14.0 Å². The highest BCUT2D eigenvalue weighted by Gasteiger charge is 2.11. The fraction of sp³-hybridized carbons (Fsp3) is 0.0909. The number of hydrogen-bond donors (Lipinski definition) is 2. The first-order chi connectivity index (χ1) is 13.1. The van der Waals surface area contributed by atoms with Crippen LogP contribution in [0, 0.1) is 5.82 Å². The van der Waals surface area contributed by atoms with Gasteiger partial charge in [-0.1, -0.05) is 31.2 Å². The van der Waals surface area contributed by atoms with Crippen molar-refractivity contribution in [3.63, 3.8) is 0 Å². The fourth-order valence-electron chi connectivity index (χ4n) is 2.56. The fourth-order valence-corrected chi connectivity index (χ4v) is 2.56. The van der Waals surface area contributed by atoms with Gasteiger partial charge >= 0.3 is 0 Å². The largest absolute Gasteiger partial charge is 0.322 e. The third-order valence-corrected chi connectivity index (χ3v) is 4.15. The first-order valence-electron chi connectivity index (χ1n) is 8.63. The summed E-state index contributed by atoms with van der Waals surface area (Å²) >= 11 is 0. The third-order valence-electron chi connectivity index (χ3n) is 4.15.